The van der Waals surface area contributed by atoms with Crippen molar-refractivity contribution in [1.29, 1.82) is 0 Å². The number of rotatable bonds is 13. The summed E-state index contributed by atoms with van der Waals surface area (Å²) in [5.41, 5.74) is 0. The highest BCUT2D eigenvalue weighted by atomic mass is 31.2. The Morgan fingerprint density at radius 2 is 1.53 bits per heavy atom. The molecule has 0 fully saturated rings. The van der Waals surface area contributed by atoms with Crippen molar-refractivity contribution in [2.24, 2.45) is 0 Å². The van der Waals surface area contributed by atoms with E-state index in [0.717, 1.165) is 19.3 Å². The van der Waals surface area contributed by atoms with Crippen molar-refractivity contribution in [1.82, 2.24) is 0 Å². The predicted octanol–water partition coefficient (Wildman–Crippen LogP) is 6.27. The molecule has 0 amide bonds. The third-order valence-corrected chi connectivity index (χ3v) is 4.54. The molecule has 19 heavy (non-hydrogen) atoms. The van der Waals surface area contributed by atoms with E-state index in [0.29, 0.717) is 6.42 Å². The lowest BCUT2D eigenvalue weighted by molar-refractivity contribution is 0.223. The van der Waals surface area contributed by atoms with E-state index >= 15 is 0 Å². The first-order chi connectivity index (χ1) is 8.98. The van der Waals surface area contributed by atoms with Gasteiger partial charge in [-0.05, 0) is 33.1 Å². The summed E-state index contributed by atoms with van der Waals surface area (Å²) < 4.78 is 29.6. The summed E-state index contributed by atoms with van der Waals surface area (Å²) in [6.07, 6.45) is 11.8. The predicted molar refractivity (Wildman–Crippen MR) is 81.6 cm³/mol. The van der Waals surface area contributed by atoms with Gasteiger partial charge in [-0.15, -0.1) is 6.58 Å². The molecule has 0 bridgehead atoms. The first kappa shape index (κ1) is 18.9. The van der Waals surface area contributed by atoms with Crippen LogP contribution in [0.15, 0.2) is 12.7 Å². The zero-order valence-electron chi connectivity index (χ0n) is 12.6. The Morgan fingerprint density at radius 1 is 1.05 bits per heavy atom. The van der Waals surface area contributed by atoms with Gasteiger partial charge >= 0.3 is 7.68 Å². The van der Waals surface area contributed by atoms with Crippen LogP contribution in [0.2, 0.25) is 0 Å². The second-order valence-corrected chi connectivity index (χ2v) is 7.21. The fourth-order valence-corrected chi connectivity index (χ4v) is 3.35. The van der Waals surface area contributed by atoms with Crippen LogP contribution in [0.1, 0.15) is 71.6 Å². The molecule has 0 heterocycles. The van der Waals surface area contributed by atoms with Crippen molar-refractivity contribution in [3.05, 3.63) is 12.7 Å². The first-order valence-corrected chi connectivity index (χ1v) is 9.26. The number of hydrogen-bond donors (Lipinski definition) is 0. The van der Waals surface area contributed by atoms with E-state index in [-0.39, 0.29) is 12.3 Å². The molecule has 0 aliphatic heterocycles. The zero-order chi connectivity index (χ0) is 14.6. The minimum absolute atomic E-state index is 0.0739. The van der Waals surface area contributed by atoms with Crippen LogP contribution in [0.5, 0.6) is 0 Å². The molecule has 0 aliphatic carbocycles. The van der Waals surface area contributed by atoms with Gasteiger partial charge in [0.05, 0.1) is 12.3 Å². The van der Waals surface area contributed by atoms with Gasteiger partial charge in [0.25, 0.3) is 0 Å². The van der Waals surface area contributed by atoms with Gasteiger partial charge in [0.15, 0.2) is 0 Å². The Labute approximate surface area is 118 Å². The van der Waals surface area contributed by atoms with Crippen LogP contribution < -0.4 is 0 Å². The maximum Gasteiger partial charge on any atom is 0.367 e. The summed E-state index contributed by atoms with van der Waals surface area (Å²) in [6, 6.07) is 0. The largest absolute Gasteiger partial charge is 0.367 e. The van der Waals surface area contributed by atoms with Gasteiger partial charge in [-0.25, -0.2) is 0 Å². The SMILES string of the molecule is C=CCCCCCCCCCC[P@](=O)(F)OC(C)C. The summed E-state index contributed by atoms with van der Waals surface area (Å²) in [4.78, 5) is 0. The van der Waals surface area contributed by atoms with E-state index in [1.54, 1.807) is 13.8 Å². The Balaban J connectivity index is 3.31. The maximum absolute atomic E-state index is 13.4. The van der Waals surface area contributed by atoms with Crippen molar-refractivity contribution in [2.45, 2.75) is 77.7 Å². The second-order valence-electron chi connectivity index (χ2n) is 5.37. The normalized spacial score (nSPS) is 14.5. The van der Waals surface area contributed by atoms with Gasteiger partial charge in [0.1, 0.15) is 0 Å². The minimum Gasteiger partial charge on any atom is -0.303 e. The molecule has 0 rings (SSSR count). The second kappa shape index (κ2) is 11.7. The molecule has 4 heteroatoms. The van der Waals surface area contributed by atoms with E-state index in [1.807, 2.05) is 6.08 Å². The van der Waals surface area contributed by atoms with Crippen LogP contribution in [0, 0.1) is 0 Å². The van der Waals surface area contributed by atoms with E-state index in [4.69, 9.17) is 4.52 Å². The molecule has 0 aromatic heterocycles. The molecule has 2 nitrogen and oxygen atoms in total. The number of unbranched alkanes of at least 4 members (excludes halogenated alkanes) is 8. The molecular weight excluding hydrogens is 262 g/mol. The van der Waals surface area contributed by atoms with E-state index in [2.05, 4.69) is 6.58 Å². The number of allylic oxidation sites excluding steroid dienone is 1. The van der Waals surface area contributed by atoms with Gasteiger partial charge in [0.2, 0.25) is 0 Å². The maximum atomic E-state index is 13.4. The zero-order valence-corrected chi connectivity index (χ0v) is 13.5. The lowest BCUT2D eigenvalue weighted by atomic mass is 10.1. The standard InChI is InChI=1S/C15H30FO2P/c1-4-5-6-7-8-9-10-11-12-13-14-19(16,17)18-15(2)3/h4,15H,1,5-14H2,2-3H3/t19-/m1/s1. The van der Waals surface area contributed by atoms with Crippen LogP contribution in [-0.4, -0.2) is 12.3 Å². The van der Waals surface area contributed by atoms with Gasteiger partial charge < -0.3 is 4.52 Å². The molecule has 1 atom stereocenters. The van der Waals surface area contributed by atoms with Crippen LogP contribution >= 0.6 is 7.68 Å². The Hall–Kier alpha value is -0.140. The van der Waals surface area contributed by atoms with Gasteiger partial charge in [-0.3, -0.25) is 4.57 Å². The molecule has 0 spiro atoms. The molecule has 114 valence electrons. The lowest BCUT2D eigenvalue weighted by Gasteiger charge is -2.12. The summed E-state index contributed by atoms with van der Waals surface area (Å²) in [5, 5.41) is 0. The molecule has 0 radical (unpaired) electrons. The molecule has 0 saturated heterocycles. The minimum atomic E-state index is -3.83. The highest BCUT2D eigenvalue weighted by molar-refractivity contribution is 7.53. The fourth-order valence-electron chi connectivity index (χ4n) is 2.02. The summed E-state index contributed by atoms with van der Waals surface area (Å²) >= 11 is 0. The average Bonchev–Trinajstić information content (AvgIpc) is 2.30. The van der Waals surface area contributed by atoms with Gasteiger partial charge in [-0.1, -0.05) is 44.6 Å². The fraction of sp³-hybridized carbons (Fsp3) is 0.867. The van der Waals surface area contributed by atoms with Crippen molar-refractivity contribution in [2.75, 3.05) is 6.16 Å². The first-order valence-electron chi connectivity index (χ1n) is 7.56. The molecule has 0 unspecified atom stereocenters. The monoisotopic (exact) mass is 292 g/mol. The highest BCUT2D eigenvalue weighted by Crippen LogP contribution is 2.50. The molecule has 0 saturated carbocycles. The Morgan fingerprint density at radius 3 is 2.00 bits per heavy atom. The van der Waals surface area contributed by atoms with Crippen LogP contribution in [0.25, 0.3) is 0 Å². The van der Waals surface area contributed by atoms with E-state index < -0.39 is 7.68 Å². The topological polar surface area (TPSA) is 26.3 Å². The lowest BCUT2D eigenvalue weighted by Crippen LogP contribution is -2.00. The summed E-state index contributed by atoms with van der Waals surface area (Å²) in [7, 11) is -3.83. The van der Waals surface area contributed by atoms with Gasteiger partial charge in [-0.2, -0.15) is 4.20 Å². The number of halogens is 1. The Bertz CT molecular complexity index is 267. The molecule has 0 aromatic rings. The summed E-state index contributed by atoms with van der Waals surface area (Å²) in [5.74, 6) is 0. The molecule has 0 N–H and O–H groups in total. The van der Waals surface area contributed by atoms with Crippen molar-refractivity contribution >= 4 is 7.68 Å². The summed E-state index contributed by atoms with van der Waals surface area (Å²) in [6.45, 7) is 7.12. The van der Waals surface area contributed by atoms with Crippen LogP contribution in [0.3, 0.4) is 0 Å². The van der Waals surface area contributed by atoms with Crippen LogP contribution in [-0.2, 0) is 9.09 Å². The molecule has 0 aromatic carbocycles. The van der Waals surface area contributed by atoms with Crippen molar-refractivity contribution in [3.63, 3.8) is 0 Å². The third-order valence-electron chi connectivity index (χ3n) is 2.95. The molecule has 0 aliphatic rings. The van der Waals surface area contributed by atoms with Crippen LogP contribution in [0.4, 0.5) is 4.20 Å². The van der Waals surface area contributed by atoms with Crippen molar-refractivity contribution in [3.8, 4) is 0 Å². The highest BCUT2D eigenvalue weighted by Gasteiger charge is 2.22. The van der Waals surface area contributed by atoms with Crippen molar-refractivity contribution < 1.29 is 13.3 Å². The average molecular weight is 292 g/mol. The van der Waals surface area contributed by atoms with Gasteiger partial charge in [0, 0.05) is 0 Å². The third kappa shape index (κ3) is 14.1. The van der Waals surface area contributed by atoms with E-state index in [9.17, 15) is 8.76 Å². The molecular formula is C15H30FO2P. The number of hydrogen-bond acceptors (Lipinski definition) is 2. The Kier molecular flexibility index (Phi) is 11.6. The van der Waals surface area contributed by atoms with E-state index in [1.165, 1.54) is 32.1 Å². The smallest absolute Gasteiger partial charge is 0.303 e. The quantitative estimate of drug-likeness (QED) is 0.227.